The molecule has 2 aliphatic heterocycles. The van der Waals surface area contributed by atoms with Gasteiger partial charge in [0.05, 0.1) is 5.69 Å². The molecule has 0 fully saturated rings. The van der Waals surface area contributed by atoms with Crippen LogP contribution in [-0.4, -0.2) is 6.71 Å². The fraction of sp³-hybridized carbons (Fsp3) is 0.229. The number of anilines is 6. The Morgan fingerprint density at radius 3 is 1.30 bits per heavy atom. The molecule has 0 radical (unpaired) electrons. The number of hydrogen-bond acceptors (Lipinski definition) is 2. The van der Waals surface area contributed by atoms with Crippen molar-refractivity contribution in [3.8, 4) is 44.5 Å². The molecule has 0 spiro atoms. The molecule has 0 bridgehead atoms. The smallest absolute Gasteiger partial charge is 0.252 e. The topological polar surface area (TPSA) is 6.48 Å². The molecule has 0 aliphatic carbocycles. The minimum absolute atomic E-state index is 0.0355. The zero-order valence-corrected chi connectivity index (χ0v) is 45.0. The summed E-state index contributed by atoms with van der Waals surface area (Å²) in [6.07, 6.45) is 0. The third-order valence-corrected chi connectivity index (χ3v) is 15.4. The fourth-order valence-corrected chi connectivity index (χ4v) is 11.3. The monoisotopic (exact) mass is 949 g/mol. The van der Waals surface area contributed by atoms with Crippen LogP contribution in [0.15, 0.2) is 200 Å². The van der Waals surface area contributed by atoms with Crippen molar-refractivity contribution in [3.63, 3.8) is 0 Å². The van der Waals surface area contributed by atoms with Crippen LogP contribution in [-0.2, 0) is 21.7 Å². The van der Waals surface area contributed by atoms with Gasteiger partial charge in [-0.15, -0.1) is 0 Å². The summed E-state index contributed by atoms with van der Waals surface area (Å²) in [6.45, 7) is 28.0. The first-order valence-electron chi connectivity index (χ1n) is 26.4. The van der Waals surface area contributed by atoms with Crippen LogP contribution in [0.5, 0.6) is 0 Å². The first-order chi connectivity index (χ1) is 34.7. The van der Waals surface area contributed by atoms with Crippen LogP contribution in [0, 0.1) is 0 Å². The van der Waals surface area contributed by atoms with E-state index in [0.29, 0.717) is 0 Å². The van der Waals surface area contributed by atoms with Gasteiger partial charge in [0.25, 0.3) is 6.71 Å². The van der Waals surface area contributed by atoms with Crippen molar-refractivity contribution >= 4 is 57.2 Å². The number of fused-ring (bicyclic) bond motifs is 4. The van der Waals surface area contributed by atoms with Crippen LogP contribution >= 0.6 is 0 Å². The zero-order valence-electron chi connectivity index (χ0n) is 45.0. The molecule has 2 aliphatic rings. The first kappa shape index (κ1) is 47.9. The molecule has 2 heterocycles. The van der Waals surface area contributed by atoms with Gasteiger partial charge >= 0.3 is 0 Å². The van der Waals surface area contributed by atoms with Crippen molar-refractivity contribution in [1.29, 1.82) is 0 Å². The zero-order chi connectivity index (χ0) is 51.2. The Hall–Kier alpha value is -7.36. The Bertz CT molecular complexity index is 3510. The molecular formula is C70H69BN2. The maximum absolute atomic E-state index is 2.63. The minimum atomic E-state index is -0.157. The molecule has 0 saturated carbocycles. The lowest BCUT2D eigenvalue weighted by atomic mass is 9.33. The molecule has 9 aromatic rings. The van der Waals surface area contributed by atoms with Gasteiger partial charge in [-0.3, -0.25) is 0 Å². The molecule has 362 valence electrons. The van der Waals surface area contributed by atoms with E-state index in [1.165, 1.54) is 112 Å². The Labute approximate surface area is 436 Å². The van der Waals surface area contributed by atoms with Crippen molar-refractivity contribution in [2.24, 2.45) is 0 Å². The van der Waals surface area contributed by atoms with Gasteiger partial charge in [-0.2, -0.15) is 0 Å². The van der Waals surface area contributed by atoms with Gasteiger partial charge in [0.2, 0.25) is 0 Å². The number of para-hydroxylation sites is 1. The molecule has 3 heteroatoms. The van der Waals surface area contributed by atoms with E-state index in [2.05, 4.69) is 293 Å². The van der Waals surface area contributed by atoms with E-state index >= 15 is 0 Å². The molecule has 9 aromatic carbocycles. The van der Waals surface area contributed by atoms with E-state index in [0.717, 1.165) is 5.69 Å². The Kier molecular flexibility index (Phi) is 11.6. The summed E-state index contributed by atoms with van der Waals surface area (Å²) >= 11 is 0. The maximum Gasteiger partial charge on any atom is 0.252 e. The van der Waals surface area contributed by atoms with Crippen LogP contribution in [0.4, 0.5) is 34.1 Å². The minimum Gasteiger partial charge on any atom is -0.311 e. The average Bonchev–Trinajstić information content (AvgIpc) is 3.37. The van der Waals surface area contributed by atoms with Crippen LogP contribution in [0.3, 0.4) is 0 Å². The normalized spacial score (nSPS) is 13.4. The number of benzene rings is 9. The Morgan fingerprint density at radius 1 is 0.288 bits per heavy atom. The highest BCUT2D eigenvalue weighted by molar-refractivity contribution is 7.00. The molecule has 0 aromatic heterocycles. The predicted molar refractivity (Wildman–Crippen MR) is 317 cm³/mol. The van der Waals surface area contributed by atoms with Crippen LogP contribution in [0.1, 0.15) is 105 Å². The van der Waals surface area contributed by atoms with Crippen LogP contribution < -0.4 is 26.2 Å². The third-order valence-electron chi connectivity index (χ3n) is 15.4. The summed E-state index contributed by atoms with van der Waals surface area (Å²) in [7, 11) is 0. The summed E-state index contributed by atoms with van der Waals surface area (Å²) in [4.78, 5) is 5.21. The first-order valence-corrected chi connectivity index (χ1v) is 26.4. The van der Waals surface area contributed by atoms with Crippen molar-refractivity contribution in [2.75, 3.05) is 9.80 Å². The highest BCUT2D eigenvalue weighted by atomic mass is 15.2. The number of nitrogens with zero attached hydrogens (tertiary/aromatic N) is 2. The van der Waals surface area contributed by atoms with E-state index in [9.17, 15) is 0 Å². The van der Waals surface area contributed by atoms with E-state index in [1.54, 1.807) is 0 Å². The molecule has 0 unspecified atom stereocenters. The lowest BCUT2D eigenvalue weighted by molar-refractivity contribution is 0.569. The second-order valence-corrected chi connectivity index (χ2v) is 24.7. The lowest BCUT2D eigenvalue weighted by Gasteiger charge is -2.45. The highest BCUT2D eigenvalue weighted by Gasteiger charge is 2.45. The van der Waals surface area contributed by atoms with E-state index in [1.807, 2.05) is 0 Å². The van der Waals surface area contributed by atoms with E-state index in [-0.39, 0.29) is 28.4 Å². The SMILES string of the molecule is CC(C)(C)c1cc(-c2ccccc2N2c3ccc(-c4ccccc4)cc3B3c4cc(-c5ccccc5C(C)(C)C)ccc4N(c4ccc(-c5ccccc5)cc4)c4cc(C(C)(C)C)cc2c43)cc(C(C)(C)C)c1. The summed E-state index contributed by atoms with van der Waals surface area (Å²) in [5, 5.41) is 0. The molecule has 0 atom stereocenters. The molecule has 0 saturated heterocycles. The number of hydrogen-bond donors (Lipinski definition) is 0. The summed E-state index contributed by atoms with van der Waals surface area (Å²) < 4.78 is 0. The quantitative estimate of drug-likeness (QED) is 0.153. The van der Waals surface area contributed by atoms with Gasteiger partial charge in [0.1, 0.15) is 0 Å². The van der Waals surface area contributed by atoms with Crippen molar-refractivity contribution < 1.29 is 0 Å². The lowest BCUT2D eigenvalue weighted by Crippen LogP contribution is -2.61. The second kappa shape index (κ2) is 17.7. The van der Waals surface area contributed by atoms with E-state index < -0.39 is 0 Å². The van der Waals surface area contributed by atoms with Crippen molar-refractivity contribution in [3.05, 3.63) is 222 Å². The third kappa shape index (κ3) is 8.71. The standard InChI is InChI=1S/C70H69BN2/c1-67(2,3)52-39-51(40-53(43-52)68(4,5)6)57-28-20-22-30-61(57)73-63-37-33-49(47-25-17-14-18-26-47)41-59(63)71-60-42-50(56-27-19-21-29-58(56)70(10,11)12)34-38-62(60)72(64-44-54(69(7,8)9)45-65(73)66(64)71)55-35-31-48(32-36-55)46-23-15-13-16-24-46/h13-45H,1-12H3. The fourth-order valence-electron chi connectivity index (χ4n) is 11.3. The largest absolute Gasteiger partial charge is 0.311 e. The van der Waals surface area contributed by atoms with E-state index in [4.69, 9.17) is 0 Å². The maximum atomic E-state index is 2.63. The van der Waals surface area contributed by atoms with Gasteiger partial charge in [0, 0.05) is 34.0 Å². The average molecular weight is 949 g/mol. The van der Waals surface area contributed by atoms with Gasteiger partial charge in [-0.05, 0) is 142 Å². The van der Waals surface area contributed by atoms with Gasteiger partial charge in [0.15, 0.2) is 0 Å². The van der Waals surface area contributed by atoms with Gasteiger partial charge < -0.3 is 9.80 Å². The molecular weight excluding hydrogens is 880 g/mol. The summed E-state index contributed by atoms with van der Waals surface area (Å²) in [5.41, 5.74) is 26.0. The summed E-state index contributed by atoms with van der Waals surface area (Å²) in [6, 6.07) is 76.1. The Balaban J connectivity index is 1.25. The molecule has 73 heavy (non-hydrogen) atoms. The van der Waals surface area contributed by atoms with Crippen molar-refractivity contribution in [1.82, 2.24) is 0 Å². The predicted octanol–water partition coefficient (Wildman–Crippen LogP) is 17.6. The van der Waals surface area contributed by atoms with Crippen molar-refractivity contribution in [2.45, 2.75) is 105 Å². The second-order valence-electron chi connectivity index (χ2n) is 24.7. The summed E-state index contributed by atoms with van der Waals surface area (Å²) in [5.74, 6) is 0. The highest BCUT2D eigenvalue weighted by Crippen LogP contribution is 2.50. The molecule has 2 nitrogen and oxygen atoms in total. The van der Waals surface area contributed by atoms with Crippen LogP contribution in [0.25, 0.3) is 44.5 Å². The molecule has 0 amide bonds. The van der Waals surface area contributed by atoms with Gasteiger partial charge in [-0.1, -0.05) is 241 Å². The van der Waals surface area contributed by atoms with Gasteiger partial charge in [-0.25, -0.2) is 0 Å². The molecule has 0 N–H and O–H groups in total. The molecule has 11 rings (SSSR count). The van der Waals surface area contributed by atoms with Crippen LogP contribution in [0.2, 0.25) is 0 Å². The Morgan fingerprint density at radius 2 is 0.726 bits per heavy atom. The number of rotatable bonds is 6.